The summed E-state index contributed by atoms with van der Waals surface area (Å²) in [5.41, 5.74) is 13.4. The molecule has 3 heterocycles. The molecule has 0 saturated carbocycles. The van der Waals surface area contributed by atoms with Crippen LogP contribution in [0, 0.1) is 0 Å². The highest BCUT2D eigenvalue weighted by atomic mass is 15.0. The summed E-state index contributed by atoms with van der Waals surface area (Å²) in [4.78, 5) is 16.0. The molecule has 8 aromatic carbocycles. The Morgan fingerprint density at radius 3 is 1.98 bits per heavy atom. The molecule has 0 N–H and O–H groups in total. The zero-order chi connectivity index (χ0) is 39.2. The molecule has 0 unspecified atom stereocenters. The fraction of sp³-hybridized carbons (Fsp3) is 0.0364. The molecule has 0 bridgehead atoms. The molecule has 0 radical (unpaired) electrons. The fourth-order valence-corrected chi connectivity index (χ4v) is 10.1. The Morgan fingerprint density at radius 1 is 0.542 bits per heavy atom. The predicted molar refractivity (Wildman–Crippen MR) is 242 cm³/mol. The van der Waals surface area contributed by atoms with Crippen molar-refractivity contribution >= 4 is 44.7 Å². The summed E-state index contributed by atoms with van der Waals surface area (Å²) >= 11 is 0. The van der Waals surface area contributed by atoms with E-state index in [1.807, 2.05) is 31.2 Å². The summed E-state index contributed by atoms with van der Waals surface area (Å²) in [6.45, 7) is 6.42. The van der Waals surface area contributed by atoms with Crippen molar-refractivity contribution in [3.05, 3.63) is 227 Å². The maximum atomic E-state index is 5.35. The Bertz CT molecular complexity index is 3500. The van der Waals surface area contributed by atoms with E-state index in [4.69, 9.17) is 15.0 Å². The number of allylic oxidation sites excluding steroid dienone is 2. The lowest BCUT2D eigenvalue weighted by atomic mass is 9.65. The van der Waals surface area contributed by atoms with Gasteiger partial charge in [0.05, 0.1) is 22.1 Å². The second-order valence-electron chi connectivity index (χ2n) is 15.5. The third kappa shape index (κ3) is 4.63. The molecule has 2 aromatic heterocycles. The van der Waals surface area contributed by atoms with E-state index in [1.54, 1.807) is 0 Å². The molecule has 1 aliphatic heterocycles. The van der Waals surface area contributed by atoms with Crippen LogP contribution in [0.2, 0.25) is 0 Å². The smallest absolute Gasteiger partial charge is 0.164 e. The van der Waals surface area contributed by atoms with Crippen LogP contribution in [0.3, 0.4) is 0 Å². The molecule has 0 atom stereocenters. The van der Waals surface area contributed by atoms with Crippen molar-refractivity contribution in [1.29, 1.82) is 0 Å². The molecule has 4 heteroatoms. The van der Waals surface area contributed by atoms with E-state index in [0.29, 0.717) is 17.5 Å². The number of nitrogens with zero attached hydrogens (tertiary/aromatic N) is 4. The molecule has 0 fully saturated rings. The van der Waals surface area contributed by atoms with Crippen LogP contribution in [0.5, 0.6) is 0 Å². The molecule has 10 aromatic rings. The van der Waals surface area contributed by atoms with Crippen molar-refractivity contribution < 1.29 is 0 Å². The highest BCUT2D eigenvalue weighted by molar-refractivity contribution is 6.13. The van der Waals surface area contributed by atoms with Crippen molar-refractivity contribution in [3.8, 4) is 39.6 Å². The number of rotatable bonds is 4. The molecular weight excluding hydrogens is 717 g/mol. The normalized spacial score (nSPS) is 13.9. The van der Waals surface area contributed by atoms with Gasteiger partial charge in [-0.05, 0) is 73.6 Å². The highest BCUT2D eigenvalue weighted by Crippen LogP contribution is 2.61. The number of benzene rings is 8. The molecule has 0 amide bonds. The van der Waals surface area contributed by atoms with E-state index in [1.165, 1.54) is 55.2 Å². The Kier molecular flexibility index (Phi) is 7.18. The van der Waals surface area contributed by atoms with Gasteiger partial charge in [-0.25, -0.2) is 15.0 Å². The van der Waals surface area contributed by atoms with Gasteiger partial charge in [-0.15, -0.1) is 0 Å². The summed E-state index contributed by atoms with van der Waals surface area (Å²) in [5, 5.41) is 6.59. The lowest BCUT2D eigenvalue weighted by molar-refractivity contribution is 0.748. The van der Waals surface area contributed by atoms with Gasteiger partial charge in [0.2, 0.25) is 0 Å². The van der Waals surface area contributed by atoms with Gasteiger partial charge in [-0.3, -0.25) is 0 Å². The van der Waals surface area contributed by atoms with Crippen LogP contribution in [0.1, 0.15) is 35.0 Å². The van der Waals surface area contributed by atoms with Gasteiger partial charge in [0.25, 0.3) is 0 Å². The van der Waals surface area contributed by atoms with Gasteiger partial charge in [0.15, 0.2) is 17.5 Å². The average molecular weight is 753 g/mol. The van der Waals surface area contributed by atoms with E-state index in [9.17, 15) is 0 Å². The van der Waals surface area contributed by atoms with E-state index in [2.05, 4.69) is 175 Å². The Labute approximate surface area is 341 Å². The van der Waals surface area contributed by atoms with Gasteiger partial charge >= 0.3 is 0 Å². The topological polar surface area (TPSA) is 43.6 Å². The van der Waals surface area contributed by atoms with Crippen LogP contribution >= 0.6 is 0 Å². The largest absolute Gasteiger partial charge is 0.309 e. The third-order valence-electron chi connectivity index (χ3n) is 12.5. The number of para-hydroxylation sites is 2. The van der Waals surface area contributed by atoms with Gasteiger partial charge in [0.1, 0.15) is 0 Å². The first kappa shape index (κ1) is 33.4. The van der Waals surface area contributed by atoms with Crippen molar-refractivity contribution in [2.24, 2.45) is 0 Å². The van der Waals surface area contributed by atoms with E-state index >= 15 is 0 Å². The van der Waals surface area contributed by atoms with Crippen LogP contribution < -0.4 is 10.4 Å². The van der Waals surface area contributed by atoms with Gasteiger partial charge in [-0.1, -0.05) is 183 Å². The van der Waals surface area contributed by atoms with Crippen LogP contribution in [-0.4, -0.2) is 19.5 Å². The molecule has 1 spiro atoms. The first-order valence-electron chi connectivity index (χ1n) is 20.2. The molecule has 1 aliphatic carbocycles. The first-order chi connectivity index (χ1) is 29.1. The standard InChI is InChI=1S/C55H36N4/c1-3-16-43(37-20-6-4-17-34(37)2)53-56-52(57-54(58-53)44-26-14-19-35-18-5-7-21-38(35)44)36-31-32-47-50(33-36)59-49-30-13-10-24-41(49)42-25-15-29-48(51(42)59)55(47)45-27-11-8-22-39(45)40-23-9-12-28-46(40)55/h3-33H,2H2,1H3/b16-3-,43-37+. The Morgan fingerprint density at radius 2 is 1.17 bits per heavy atom. The highest BCUT2D eigenvalue weighted by Gasteiger charge is 2.50. The van der Waals surface area contributed by atoms with Crippen molar-refractivity contribution in [1.82, 2.24) is 19.5 Å². The van der Waals surface area contributed by atoms with Crippen molar-refractivity contribution in [2.45, 2.75) is 12.3 Å². The summed E-state index contributed by atoms with van der Waals surface area (Å²) in [6, 6.07) is 63.4. The van der Waals surface area contributed by atoms with Crippen LogP contribution in [0.15, 0.2) is 188 Å². The van der Waals surface area contributed by atoms with E-state index in [-0.39, 0.29) is 0 Å². The quantitative estimate of drug-likeness (QED) is 0.180. The second kappa shape index (κ2) is 12.7. The maximum absolute atomic E-state index is 5.35. The van der Waals surface area contributed by atoms with Crippen LogP contribution in [-0.2, 0) is 5.41 Å². The van der Waals surface area contributed by atoms with Crippen LogP contribution in [0.25, 0.3) is 84.3 Å². The summed E-state index contributed by atoms with van der Waals surface area (Å²) in [7, 11) is 0. The van der Waals surface area contributed by atoms with Crippen molar-refractivity contribution in [2.75, 3.05) is 0 Å². The monoisotopic (exact) mass is 752 g/mol. The zero-order valence-electron chi connectivity index (χ0n) is 32.4. The minimum absolute atomic E-state index is 0.534. The minimum Gasteiger partial charge on any atom is -0.309 e. The van der Waals surface area contributed by atoms with Gasteiger partial charge in [-0.2, -0.15) is 0 Å². The number of aromatic nitrogens is 4. The number of hydrogen-bond acceptors (Lipinski definition) is 3. The number of fused-ring (bicyclic) bond motifs is 13. The third-order valence-corrected chi connectivity index (χ3v) is 12.5. The maximum Gasteiger partial charge on any atom is 0.164 e. The SMILES string of the molecule is C=c1cccc/c1=C(/C=C\C)c1nc(-c2ccc3c(c2)-n2c4ccccc4c4cccc(c42)C32c3ccccc3-c3ccccc32)nc(-c2cccc3ccccc23)n1. The van der Waals surface area contributed by atoms with E-state index < -0.39 is 5.41 Å². The Hall–Kier alpha value is -7.69. The lowest BCUT2D eigenvalue weighted by Gasteiger charge is -2.39. The summed E-state index contributed by atoms with van der Waals surface area (Å²) in [6.07, 6.45) is 4.12. The molecule has 2 aliphatic rings. The van der Waals surface area contributed by atoms with Crippen LogP contribution in [0.4, 0.5) is 0 Å². The first-order valence-corrected chi connectivity index (χ1v) is 20.2. The Balaban J connectivity index is 1.20. The summed E-state index contributed by atoms with van der Waals surface area (Å²) in [5.74, 6) is 1.83. The van der Waals surface area contributed by atoms with E-state index in [0.717, 1.165) is 43.6 Å². The molecule has 276 valence electrons. The molecule has 0 saturated heterocycles. The summed E-state index contributed by atoms with van der Waals surface area (Å²) < 4.78 is 2.48. The predicted octanol–water partition coefficient (Wildman–Crippen LogP) is 11.3. The molecule has 4 nitrogen and oxygen atoms in total. The zero-order valence-corrected chi connectivity index (χ0v) is 32.4. The average Bonchev–Trinajstić information content (AvgIpc) is 3.79. The molecule has 12 rings (SSSR count). The van der Waals surface area contributed by atoms with Crippen molar-refractivity contribution in [3.63, 3.8) is 0 Å². The minimum atomic E-state index is -0.534. The van der Waals surface area contributed by atoms with Gasteiger partial charge in [0, 0.05) is 27.5 Å². The number of hydrogen-bond donors (Lipinski definition) is 0. The molecular formula is C55H36N4. The fourth-order valence-electron chi connectivity index (χ4n) is 10.1. The molecule has 59 heavy (non-hydrogen) atoms. The van der Waals surface area contributed by atoms with Gasteiger partial charge < -0.3 is 4.57 Å². The second-order valence-corrected chi connectivity index (χ2v) is 15.5. The lowest BCUT2D eigenvalue weighted by Crippen LogP contribution is -2.33.